The molecule has 0 spiro atoms. The van der Waals surface area contributed by atoms with Gasteiger partial charge in [0.15, 0.2) is 0 Å². The molecule has 0 bridgehead atoms. The molecular weight excluding hydrogens is 318 g/mol. The number of nitrogens with zero attached hydrogens (tertiary/aromatic N) is 4. The summed E-state index contributed by atoms with van der Waals surface area (Å²) >= 11 is 0. The fraction of sp³-hybridized carbons (Fsp3) is 0.333. The van der Waals surface area contributed by atoms with Crippen LogP contribution in [0, 0.1) is 6.92 Å². The summed E-state index contributed by atoms with van der Waals surface area (Å²) in [7, 11) is 1.84. The fourth-order valence-electron chi connectivity index (χ4n) is 3.00. The molecule has 7 nitrogen and oxygen atoms in total. The maximum atomic E-state index is 12.6. The van der Waals surface area contributed by atoms with E-state index in [1.807, 2.05) is 45.2 Å². The summed E-state index contributed by atoms with van der Waals surface area (Å²) in [6, 6.07) is 9.01. The van der Waals surface area contributed by atoms with Gasteiger partial charge in [0.25, 0.3) is 5.56 Å². The van der Waals surface area contributed by atoms with Gasteiger partial charge in [0.05, 0.1) is 22.8 Å². The van der Waals surface area contributed by atoms with Crippen LogP contribution in [0.5, 0.6) is 0 Å². The first-order valence-electron chi connectivity index (χ1n) is 8.25. The molecule has 1 atom stereocenters. The Kier molecular flexibility index (Phi) is 4.65. The molecule has 0 aliphatic carbocycles. The van der Waals surface area contributed by atoms with E-state index in [9.17, 15) is 9.59 Å². The second-order valence-electron chi connectivity index (χ2n) is 6.00. The molecule has 1 unspecified atom stereocenters. The van der Waals surface area contributed by atoms with Crippen LogP contribution in [0.25, 0.3) is 10.8 Å². The van der Waals surface area contributed by atoms with Gasteiger partial charge in [0.2, 0.25) is 5.91 Å². The zero-order valence-electron chi connectivity index (χ0n) is 14.6. The maximum Gasteiger partial charge on any atom is 0.275 e. The number of hydrogen-bond acceptors (Lipinski definition) is 4. The lowest BCUT2D eigenvalue weighted by Crippen LogP contribution is -2.36. The van der Waals surface area contributed by atoms with Gasteiger partial charge in [0, 0.05) is 18.6 Å². The van der Waals surface area contributed by atoms with Gasteiger partial charge in [0.1, 0.15) is 6.54 Å². The summed E-state index contributed by atoms with van der Waals surface area (Å²) < 4.78 is 2.96. The Morgan fingerprint density at radius 2 is 1.96 bits per heavy atom. The van der Waals surface area contributed by atoms with Crippen molar-refractivity contribution in [2.75, 3.05) is 0 Å². The Hall–Kier alpha value is -2.96. The molecule has 7 heteroatoms. The summed E-state index contributed by atoms with van der Waals surface area (Å²) in [5.41, 5.74) is 1.39. The van der Waals surface area contributed by atoms with E-state index in [4.69, 9.17) is 0 Å². The zero-order chi connectivity index (χ0) is 18.0. The molecule has 0 saturated carbocycles. The molecule has 3 aromatic rings. The Morgan fingerprint density at radius 3 is 2.60 bits per heavy atom. The summed E-state index contributed by atoms with van der Waals surface area (Å²) in [5, 5.41) is 12.7. The van der Waals surface area contributed by atoms with Crippen LogP contribution in [0.3, 0.4) is 0 Å². The van der Waals surface area contributed by atoms with Crippen LogP contribution >= 0.6 is 0 Å². The molecule has 0 fully saturated rings. The van der Waals surface area contributed by atoms with Crippen molar-refractivity contribution in [1.29, 1.82) is 0 Å². The van der Waals surface area contributed by atoms with E-state index in [0.717, 1.165) is 23.2 Å². The van der Waals surface area contributed by atoms with E-state index < -0.39 is 0 Å². The third kappa shape index (κ3) is 3.31. The lowest BCUT2D eigenvalue weighted by Gasteiger charge is -2.17. The minimum Gasteiger partial charge on any atom is -0.346 e. The van der Waals surface area contributed by atoms with Crippen molar-refractivity contribution in [3.05, 3.63) is 58.3 Å². The van der Waals surface area contributed by atoms with Crippen molar-refractivity contribution in [3.8, 4) is 0 Å². The number of fused-ring (bicyclic) bond motifs is 1. The zero-order valence-corrected chi connectivity index (χ0v) is 14.6. The second kappa shape index (κ2) is 6.88. The van der Waals surface area contributed by atoms with Gasteiger partial charge in [-0.05, 0) is 25.5 Å². The van der Waals surface area contributed by atoms with E-state index in [0.29, 0.717) is 5.39 Å². The molecule has 3 rings (SSSR count). The lowest BCUT2D eigenvalue weighted by atomic mass is 10.1. The molecule has 2 heterocycles. The van der Waals surface area contributed by atoms with Gasteiger partial charge < -0.3 is 5.32 Å². The van der Waals surface area contributed by atoms with Crippen LogP contribution in [-0.2, 0) is 18.4 Å². The number of amides is 1. The lowest BCUT2D eigenvalue weighted by molar-refractivity contribution is -0.122. The Morgan fingerprint density at radius 1 is 1.24 bits per heavy atom. The predicted octanol–water partition coefficient (Wildman–Crippen LogP) is 1.71. The van der Waals surface area contributed by atoms with E-state index in [1.54, 1.807) is 16.9 Å². The highest BCUT2D eigenvalue weighted by Crippen LogP contribution is 2.15. The first kappa shape index (κ1) is 16.9. The van der Waals surface area contributed by atoms with Gasteiger partial charge in [-0.1, -0.05) is 25.1 Å². The standard InChI is InChI=1S/C18H21N5O2/c1-4-15(16-9-10-19-22(16)3)20-17(24)11-23-18(25)14-8-6-5-7-13(14)12(2)21-23/h5-10,15H,4,11H2,1-3H3,(H,20,24). The molecule has 1 aromatic carbocycles. The number of benzene rings is 1. The van der Waals surface area contributed by atoms with E-state index in [1.165, 1.54) is 4.68 Å². The molecule has 2 aromatic heterocycles. The molecular formula is C18H21N5O2. The topological polar surface area (TPSA) is 81.8 Å². The smallest absolute Gasteiger partial charge is 0.275 e. The minimum absolute atomic E-state index is 0.112. The summed E-state index contributed by atoms with van der Waals surface area (Å²) in [4.78, 5) is 25.0. The first-order chi connectivity index (χ1) is 12.0. The van der Waals surface area contributed by atoms with Gasteiger partial charge in [-0.3, -0.25) is 14.3 Å². The largest absolute Gasteiger partial charge is 0.346 e. The van der Waals surface area contributed by atoms with Crippen molar-refractivity contribution in [1.82, 2.24) is 24.9 Å². The Labute approximate surface area is 145 Å². The van der Waals surface area contributed by atoms with Crippen LogP contribution in [-0.4, -0.2) is 25.5 Å². The first-order valence-corrected chi connectivity index (χ1v) is 8.25. The van der Waals surface area contributed by atoms with E-state index in [-0.39, 0.29) is 24.1 Å². The second-order valence-corrected chi connectivity index (χ2v) is 6.00. The van der Waals surface area contributed by atoms with Crippen LogP contribution in [0.2, 0.25) is 0 Å². The van der Waals surface area contributed by atoms with Crippen molar-refractivity contribution in [2.45, 2.75) is 32.9 Å². The quantitative estimate of drug-likeness (QED) is 0.767. The number of carbonyl (C=O) groups is 1. The monoisotopic (exact) mass is 339 g/mol. The van der Waals surface area contributed by atoms with E-state index >= 15 is 0 Å². The number of aryl methyl sites for hydroxylation is 2. The highest BCUT2D eigenvalue weighted by molar-refractivity contribution is 5.83. The number of carbonyl (C=O) groups excluding carboxylic acids is 1. The number of rotatable bonds is 5. The third-order valence-corrected chi connectivity index (χ3v) is 4.31. The molecule has 0 aliphatic rings. The molecule has 25 heavy (non-hydrogen) atoms. The molecule has 0 saturated heterocycles. The summed E-state index contributed by atoms with van der Waals surface area (Å²) in [6.07, 6.45) is 2.42. The molecule has 1 amide bonds. The minimum atomic E-state index is -0.259. The highest BCUT2D eigenvalue weighted by Gasteiger charge is 2.17. The van der Waals surface area contributed by atoms with Crippen molar-refractivity contribution in [2.24, 2.45) is 7.05 Å². The van der Waals surface area contributed by atoms with Crippen LogP contribution in [0.4, 0.5) is 0 Å². The van der Waals surface area contributed by atoms with Crippen molar-refractivity contribution >= 4 is 16.7 Å². The highest BCUT2D eigenvalue weighted by atomic mass is 16.2. The summed E-state index contributed by atoms with van der Waals surface area (Å²) in [5.74, 6) is -0.252. The number of aromatic nitrogens is 4. The SMILES string of the molecule is CCC(NC(=O)Cn1nc(C)c2ccccc2c1=O)c1ccnn1C. The third-order valence-electron chi connectivity index (χ3n) is 4.31. The van der Waals surface area contributed by atoms with Crippen LogP contribution in [0.1, 0.15) is 30.8 Å². The van der Waals surface area contributed by atoms with Gasteiger partial charge in [-0.2, -0.15) is 10.2 Å². The molecule has 1 N–H and O–H groups in total. The summed E-state index contributed by atoms with van der Waals surface area (Å²) in [6.45, 7) is 3.71. The number of nitrogens with one attached hydrogen (secondary N) is 1. The maximum absolute atomic E-state index is 12.6. The fourth-order valence-corrected chi connectivity index (χ4v) is 3.00. The number of hydrogen-bond donors (Lipinski definition) is 1. The van der Waals surface area contributed by atoms with Gasteiger partial charge >= 0.3 is 0 Å². The average molecular weight is 339 g/mol. The Balaban J connectivity index is 1.84. The van der Waals surface area contributed by atoms with Gasteiger partial charge in [-0.25, -0.2) is 4.68 Å². The van der Waals surface area contributed by atoms with Crippen LogP contribution < -0.4 is 10.9 Å². The normalized spacial score (nSPS) is 12.3. The Bertz CT molecular complexity index is 973. The van der Waals surface area contributed by atoms with Crippen molar-refractivity contribution < 1.29 is 4.79 Å². The van der Waals surface area contributed by atoms with Crippen LogP contribution in [0.15, 0.2) is 41.3 Å². The molecule has 0 aliphatic heterocycles. The van der Waals surface area contributed by atoms with Crippen molar-refractivity contribution in [3.63, 3.8) is 0 Å². The predicted molar refractivity (Wildman–Crippen MR) is 95.1 cm³/mol. The average Bonchev–Trinajstić information content (AvgIpc) is 3.03. The van der Waals surface area contributed by atoms with E-state index in [2.05, 4.69) is 15.5 Å². The molecule has 130 valence electrons. The molecule has 0 radical (unpaired) electrons. The van der Waals surface area contributed by atoms with Gasteiger partial charge in [-0.15, -0.1) is 0 Å².